The Kier molecular flexibility index (Phi) is 4.93. The molecule has 0 rings (SSSR count). The van der Waals surface area contributed by atoms with Crippen LogP contribution in [-0.4, -0.2) is 29.6 Å². The lowest BCUT2D eigenvalue weighted by Gasteiger charge is -2.30. The first-order chi connectivity index (χ1) is 6.37. The Balaban J connectivity index is 4.56. The number of hydrogen-bond donors (Lipinski definition) is 3. The zero-order valence-electron chi connectivity index (χ0n) is 8.04. The second-order valence-corrected chi connectivity index (χ2v) is 3.37. The Morgan fingerprint density at radius 1 is 1.57 bits per heavy atom. The summed E-state index contributed by atoms with van der Waals surface area (Å²) >= 11 is 0. The van der Waals surface area contributed by atoms with Crippen molar-refractivity contribution >= 4 is 5.97 Å². The van der Waals surface area contributed by atoms with Crippen LogP contribution in [0.2, 0.25) is 0 Å². The monoisotopic (exact) mass is 210 g/mol. The van der Waals surface area contributed by atoms with E-state index in [2.05, 4.69) is 0 Å². The molecule has 4 nitrogen and oxygen atoms in total. The van der Waals surface area contributed by atoms with Crippen LogP contribution in [0.5, 0.6) is 0 Å². The lowest BCUT2D eigenvalue weighted by Crippen LogP contribution is -2.59. The van der Waals surface area contributed by atoms with E-state index in [1.54, 1.807) is 0 Å². The molecule has 0 aromatic heterocycles. The third kappa shape index (κ3) is 2.62. The van der Waals surface area contributed by atoms with E-state index in [0.717, 1.165) is 0 Å². The van der Waals surface area contributed by atoms with Crippen LogP contribution < -0.4 is 11.5 Å². The number of nitrogens with two attached hydrogens (primary N) is 2. The molecule has 0 radical (unpaired) electrons. The number of carboxylic acid groups (broad SMARTS) is 1. The Morgan fingerprint density at radius 3 is 2.36 bits per heavy atom. The number of hydrogen-bond acceptors (Lipinski definition) is 3. The molecule has 0 heterocycles. The number of aliphatic carboxylic acids is 1. The molecule has 2 atom stereocenters. The average Bonchev–Trinajstić information content (AvgIpc) is 2.11. The van der Waals surface area contributed by atoms with E-state index in [1.165, 1.54) is 6.92 Å². The zero-order chi connectivity index (χ0) is 11.4. The van der Waals surface area contributed by atoms with E-state index < -0.39 is 23.9 Å². The quantitative estimate of drug-likeness (QED) is 0.592. The van der Waals surface area contributed by atoms with Crippen molar-refractivity contribution in [3.8, 4) is 0 Å². The summed E-state index contributed by atoms with van der Waals surface area (Å²) in [6.45, 7) is 1.74. The molecule has 2 unspecified atom stereocenters. The van der Waals surface area contributed by atoms with Crippen LogP contribution in [0.1, 0.15) is 19.8 Å². The molecule has 0 saturated carbocycles. The minimum Gasteiger partial charge on any atom is -0.480 e. The van der Waals surface area contributed by atoms with Gasteiger partial charge in [0.15, 0.2) is 5.54 Å². The normalized spacial score (nSPS) is 17.9. The topological polar surface area (TPSA) is 89.3 Å². The Hall–Kier alpha value is -0.750. The molecule has 0 amide bonds. The van der Waals surface area contributed by atoms with Gasteiger partial charge in [0.1, 0.15) is 0 Å². The largest absolute Gasteiger partial charge is 0.480 e. The first kappa shape index (κ1) is 13.2. The SMILES string of the molecule is CC(CCCN)C(N)(C(=O)O)C(F)F. The summed E-state index contributed by atoms with van der Waals surface area (Å²) in [4.78, 5) is 10.6. The first-order valence-electron chi connectivity index (χ1n) is 4.37. The third-order valence-corrected chi connectivity index (χ3v) is 2.39. The molecule has 0 saturated heterocycles. The van der Waals surface area contributed by atoms with E-state index in [0.29, 0.717) is 13.0 Å². The van der Waals surface area contributed by atoms with Crippen LogP contribution in [0.4, 0.5) is 8.78 Å². The minimum absolute atomic E-state index is 0.281. The van der Waals surface area contributed by atoms with Gasteiger partial charge >= 0.3 is 5.97 Å². The van der Waals surface area contributed by atoms with Gasteiger partial charge in [0.2, 0.25) is 0 Å². The van der Waals surface area contributed by atoms with Gasteiger partial charge in [-0.1, -0.05) is 6.92 Å². The van der Waals surface area contributed by atoms with Crippen molar-refractivity contribution < 1.29 is 18.7 Å². The van der Waals surface area contributed by atoms with Gasteiger partial charge in [0.25, 0.3) is 6.43 Å². The fraction of sp³-hybridized carbons (Fsp3) is 0.875. The van der Waals surface area contributed by atoms with Gasteiger partial charge in [-0.05, 0) is 25.3 Å². The van der Waals surface area contributed by atoms with Crippen LogP contribution in [0.25, 0.3) is 0 Å². The zero-order valence-corrected chi connectivity index (χ0v) is 8.04. The van der Waals surface area contributed by atoms with E-state index in [1.807, 2.05) is 0 Å². The highest BCUT2D eigenvalue weighted by Gasteiger charge is 2.48. The Bertz CT molecular complexity index is 202. The molecule has 0 aromatic carbocycles. The lowest BCUT2D eigenvalue weighted by atomic mass is 9.83. The van der Waals surface area contributed by atoms with Crippen LogP contribution in [0.3, 0.4) is 0 Å². The van der Waals surface area contributed by atoms with E-state index in [4.69, 9.17) is 16.6 Å². The minimum atomic E-state index is -3.08. The summed E-state index contributed by atoms with van der Waals surface area (Å²) in [6.07, 6.45) is -2.31. The molecular weight excluding hydrogens is 194 g/mol. The van der Waals surface area contributed by atoms with E-state index >= 15 is 0 Å². The smallest absolute Gasteiger partial charge is 0.329 e. The van der Waals surface area contributed by atoms with Gasteiger partial charge in [-0.25, -0.2) is 13.6 Å². The van der Waals surface area contributed by atoms with E-state index in [9.17, 15) is 13.6 Å². The average molecular weight is 210 g/mol. The summed E-state index contributed by atoms with van der Waals surface area (Å²) in [5, 5.41) is 8.64. The fourth-order valence-corrected chi connectivity index (χ4v) is 1.18. The molecule has 0 aliphatic carbocycles. The van der Waals surface area contributed by atoms with Crippen LogP contribution in [-0.2, 0) is 4.79 Å². The van der Waals surface area contributed by atoms with Crippen molar-refractivity contribution in [2.75, 3.05) is 6.54 Å². The second-order valence-electron chi connectivity index (χ2n) is 3.37. The van der Waals surface area contributed by atoms with Crippen molar-refractivity contribution in [1.82, 2.24) is 0 Å². The van der Waals surface area contributed by atoms with Gasteiger partial charge in [-0.3, -0.25) is 0 Å². The lowest BCUT2D eigenvalue weighted by molar-refractivity contribution is -0.153. The molecule has 0 bridgehead atoms. The van der Waals surface area contributed by atoms with Gasteiger partial charge in [0.05, 0.1) is 0 Å². The van der Waals surface area contributed by atoms with Crippen LogP contribution in [0.15, 0.2) is 0 Å². The molecule has 14 heavy (non-hydrogen) atoms. The highest BCUT2D eigenvalue weighted by Crippen LogP contribution is 2.26. The molecule has 0 aliphatic heterocycles. The standard InChI is InChI=1S/C8H16F2N2O2/c1-5(3-2-4-11)8(12,6(9)10)7(13)14/h5-6H,2-4,11-12H2,1H3,(H,13,14). The second kappa shape index (κ2) is 5.21. The number of carboxylic acids is 1. The predicted molar refractivity (Wildman–Crippen MR) is 48.0 cm³/mol. The highest BCUT2D eigenvalue weighted by molar-refractivity contribution is 5.79. The van der Waals surface area contributed by atoms with E-state index in [-0.39, 0.29) is 6.42 Å². The van der Waals surface area contributed by atoms with Crippen molar-refractivity contribution in [2.45, 2.75) is 31.7 Å². The molecule has 0 aliphatic rings. The van der Waals surface area contributed by atoms with Gasteiger partial charge in [-0.15, -0.1) is 0 Å². The maximum absolute atomic E-state index is 12.5. The maximum atomic E-state index is 12.5. The maximum Gasteiger partial charge on any atom is 0.329 e. The van der Waals surface area contributed by atoms with Crippen molar-refractivity contribution in [2.24, 2.45) is 17.4 Å². The van der Waals surface area contributed by atoms with Gasteiger partial charge in [0, 0.05) is 0 Å². The summed E-state index contributed by atoms with van der Waals surface area (Å²) in [5.41, 5.74) is 7.91. The summed E-state index contributed by atoms with van der Waals surface area (Å²) in [7, 11) is 0. The Labute approximate surface area is 81.3 Å². The first-order valence-corrected chi connectivity index (χ1v) is 4.37. The van der Waals surface area contributed by atoms with Gasteiger partial charge in [-0.2, -0.15) is 0 Å². The van der Waals surface area contributed by atoms with Crippen molar-refractivity contribution in [3.63, 3.8) is 0 Å². The molecule has 0 spiro atoms. The fourth-order valence-electron chi connectivity index (χ4n) is 1.18. The summed E-state index contributed by atoms with van der Waals surface area (Å²) in [6, 6.07) is 0. The molecule has 84 valence electrons. The molecular formula is C8H16F2N2O2. The molecule has 5 N–H and O–H groups in total. The number of carbonyl (C=O) groups is 1. The van der Waals surface area contributed by atoms with Crippen molar-refractivity contribution in [1.29, 1.82) is 0 Å². The molecule has 0 aromatic rings. The highest BCUT2D eigenvalue weighted by atomic mass is 19.3. The number of alkyl halides is 2. The summed E-state index contributed by atoms with van der Waals surface area (Å²) in [5.74, 6) is -2.47. The molecule has 6 heteroatoms. The van der Waals surface area contributed by atoms with Crippen molar-refractivity contribution in [3.05, 3.63) is 0 Å². The Morgan fingerprint density at radius 2 is 2.07 bits per heavy atom. The van der Waals surface area contributed by atoms with Crippen LogP contribution in [0, 0.1) is 5.92 Å². The molecule has 0 fully saturated rings. The number of halogens is 2. The van der Waals surface area contributed by atoms with Gasteiger partial charge < -0.3 is 16.6 Å². The van der Waals surface area contributed by atoms with Crippen LogP contribution >= 0.6 is 0 Å². The predicted octanol–water partition coefficient (Wildman–Crippen LogP) is 0.409. The number of rotatable bonds is 6. The summed E-state index contributed by atoms with van der Waals surface area (Å²) < 4.78 is 24.9. The third-order valence-electron chi connectivity index (χ3n) is 2.39.